The van der Waals surface area contributed by atoms with Crippen LogP contribution in [-0.2, 0) is 30.2 Å². The molecular weight excluding hydrogens is 368 g/mol. The van der Waals surface area contributed by atoms with Crippen molar-refractivity contribution in [1.82, 2.24) is 29.2 Å². The van der Waals surface area contributed by atoms with E-state index >= 15 is 0 Å². The van der Waals surface area contributed by atoms with E-state index in [1.54, 1.807) is 42.4 Å². The van der Waals surface area contributed by atoms with Crippen molar-refractivity contribution in [3.8, 4) is 0 Å². The Morgan fingerprint density at radius 3 is 2.63 bits per heavy atom. The van der Waals surface area contributed by atoms with E-state index in [1.807, 2.05) is 0 Å². The number of pyridine rings is 1. The molecule has 0 atom stereocenters. The minimum Gasteiger partial charge on any atom is -0.330 e. The third-order valence-electron chi connectivity index (χ3n) is 4.69. The highest BCUT2D eigenvalue weighted by molar-refractivity contribution is 7.89. The number of aryl methyl sites for hydroxylation is 1. The molecule has 10 heteroatoms. The number of nitrogens with zero attached hydrogens (tertiary/aromatic N) is 6. The van der Waals surface area contributed by atoms with E-state index < -0.39 is 10.0 Å². The first-order valence-electron chi connectivity index (χ1n) is 8.27. The highest BCUT2D eigenvalue weighted by Crippen LogP contribution is 2.28. The van der Waals surface area contributed by atoms with E-state index in [9.17, 15) is 13.2 Å². The summed E-state index contributed by atoms with van der Waals surface area (Å²) in [6.07, 6.45) is 1.56. The molecule has 1 aliphatic heterocycles. The maximum absolute atomic E-state index is 13.0. The summed E-state index contributed by atoms with van der Waals surface area (Å²) >= 11 is 0. The fraction of sp³-hybridized carbons (Fsp3) is 0.294. The molecule has 1 aliphatic rings. The molecule has 4 rings (SSSR count). The lowest BCUT2D eigenvalue weighted by Gasteiger charge is -2.15. The van der Waals surface area contributed by atoms with E-state index in [2.05, 4.69) is 15.3 Å². The summed E-state index contributed by atoms with van der Waals surface area (Å²) in [6, 6.07) is 6.62. The molecule has 27 heavy (non-hydrogen) atoms. The number of fused-ring (bicyclic) bond motifs is 2. The first-order valence-corrected chi connectivity index (χ1v) is 9.71. The normalized spacial score (nSPS) is 14.1. The largest absolute Gasteiger partial charge is 0.330 e. The Morgan fingerprint density at radius 2 is 1.89 bits per heavy atom. The second-order valence-electron chi connectivity index (χ2n) is 6.62. The Hall–Kier alpha value is -2.85. The third kappa shape index (κ3) is 2.77. The van der Waals surface area contributed by atoms with E-state index in [-0.39, 0.29) is 10.8 Å². The summed E-state index contributed by atoms with van der Waals surface area (Å²) in [5.74, 6) is -0.184. The number of amides is 1. The van der Waals surface area contributed by atoms with Gasteiger partial charge in [0.05, 0.1) is 10.5 Å². The van der Waals surface area contributed by atoms with Crippen LogP contribution in [0.25, 0.3) is 11.2 Å². The number of hydrogen-bond donors (Lipinski definition) is 0. The number of carbonyl (C=O) groups excluding carboxylic acids is 1. The Bertz CT molecular complexity index is 1170. The molecule has 0 fully saturated rings. The molecule has 0 saturated carbocycles. The van der Waals surface area contributed by atoms with Crippen molar-refractivity contribution < 1.29 is 13.2 Å². The van der Waals surface area contributed by atoms with Crippen LogP contribution in [0.15, 0.2) is 35.4 Å². The lowest BCUT2D eigenvalue weighted by molar-refractivity contribution is 0.0753. The number of hydrogen-bond acceptors (Lipinski definition) is 6. The van der Waals surface area contributed by atoms with E-state index in [4.69, 9.17) is 0 Å². The zero-order valence-corrected chi connectivity index (χ0v) is 15.9. The number of carbonyl (C=O) groups is 1. The van der Waals surface area contributed by atoms with Crippen molar-refractivity contribution in [1.29, 1.82) is 0 Å². The molecule has 2 aromatic heterocycles. The predicted molar refractivity (Wildman–Crippen MR) is 97.2 cm³/mol. The first-order chi connectivity index (χ1) is 12.8. The monoisotopic (exact) mass is 386 g/mol. The van der Waals surface area contributed by atoms with E-state index in [0.717, 1.165) is 11.1 Å². The van der Waals surface area contributed by atoms with Crippen molar-refractivity contribution >= 4 is 27.1 Å². The molecule has 3 heterocycles. The minimum absolute atomic E-state index is 0.184. The highest BCUT2D eigenvalue weighted by Gasteiger charge is 2.28. The van der Waals surface area contributed by atoms with Gasteiger partial charge in [-0.1, -0.05) is 11.3 Å². The summed E-state index contributed by atoms with van der Waals surface area (Å²) in [6.45, 7) is 0.759. The summed E-state index contributed by atoms with van der Waals surface area (Å²) in [4.78, 5) is 19.1. The van der Waals surface area contributed by atoms with Gasteiger partial charge in [0.25, 0.3) is 5.91 Å². The second-order valence-corrected chi connectivity index (χ2v) is 8.77. The van der Waals surface area contributed by atoms with Gasteiger partial charge in [-0.05, 0) is 29.3 Å². The zero-order valence-electron chi connectivity index (χ0n) is 15.1. The van der Waals surface area contributed by atoms with Gasteiger partial charge in [-0.2, -0.15) is 0 Å². The van der Waals surface area contributed by atoms with Crippen LogP contribution in [0, 0.1) is 0 Å². The topological polar surface area (TPSA) is 101 Å². The average molecular weight is 386 g/mol. The minimum atomic E-state index is -3.51. The van der Waals surface area contributed by atoms with Crippen LogP contribution in [0.4, 0.5) is 0 Å². The Morgan fingerprint density at radius 1 is 1.15 bits per heavy atom. The maximum atomic E-state index is 13.0. The lowest BCUT2D eigenvalue weighted by Crippen LogP contribution is -2.25. The molecule has 0 unspecified atom stereocenters. The molecule has 0 aliphatic carbocycles. The molecule has 0 saturated heterocycles. The number of benzene rings is 1. The molecule has 0 bridgehead atoms. The molecule has 3 aromatic rings. The smallest absolute Gasteiger partial charge is 0.256 e. The van der Waals surface area contributed by atoms with Gasteiger partial charge >= 0.3 is 0 Å². The molecular formula is C17H18N6O3S. The van der Waals surface area contributed by atoms with Crippen LogP contribution in [0.3, 0.4) is 0 Å². The average Bonchev–Trinajstić information content (AvgIpc) is 3.24. The van der Waals surface area contributed by atoms with Crippen LogP contribution in [0.1, 0.15) is 21.5 Å². The third-order valence-corrected chi connectivity index (χ3v) is 6.50. The Labute approximate surface area is 156 Å². The van der Waals surface area contributed by atoms with Crippen molar-refractivity contribution in [3.05, 3.63) is 47.2 Å². The molecule has 1 aromatic carbocycles. The van der Waals surface area contributed by atoms with Gasteiger partial charge in [0.15, 0.2) is 5.65 Å². The molecule has 0 spiro atoms. The standard InChI is InChI=1S/C17H18N6O3S/c1-21(2)27(25,26)13-5-4-11-9-23(10-12(11)8-13)17(24)14-6-7-18-16-15(14)19-20-22(16)3/h4-8H,9-10H2,1-3H3. The van der Waals surface area contributed by atoms with E-state index in [0.29, 0.717) is 29.8 Å². The van der Waals surface area contributed by atoms with Crippen LogP contribution in [0.2, 0.25) is 0 Å². The van der Waals surface area contributed by atoms with Crippen LogP contribution >= 0.6 is 0 Å². The van der Waals surface area contributed by atoms with Gasteiger partial charge in [0, 0.05) is 40.4 Å². The molecule has 1 amide bonds. The first kappa shape index (κ1) is 17.6. The Kier molecular flexibility index (Phi) is 3.97. The van der Waals surface area contributed by atoms with Crippen molar-refractivity contribution in [2.24, 2.45) is 7.05 Å². The second kappa shape index (κ2) is 6.10. The fourth-order valence-corrected chi connectivity index (χ4v) is 4.11. The highest BCUT2D eigenvalue weighted by atomic mass is 32.2. The van der Waals surface area contributed by atoms with Crippen LogP contribution in [0.5, 0.6) is 0 Å². The quantitative estimate of drug-likeness (QED) is 0.659. The number of rotatable bonds is 3. The van der Waals surface area contributed by atoms with Crippen molar-refractivity contribution in [2.75, 3.05) is 14.1 Å². The summed E-state index contributed by atoms with van der Waals surface area (Å²) in [5.41, 5.74) is 3.19. The van der Waals surface area contributed by atoms with Gasteiger partial charge in [-0.3, -0.25) is 4.79 Å². The summed E-state index contributed by atoms with van der Waals surface area (Å²) in [5, 5.41) is 7.97. The van der Waals surface area contributed by atoms with Gasteiger partial charge in [0.2, 0.25) is 10.0 Å². The van der Waals surface area contributed by atoms with Gasteiger partial charge < -0.3 is 4.90 Å². The van der Waals surface area contributed by atoms with E-state index in [1.165, 1.54) is 23.1 Å². The molecule has 9 nitrogen and oxygen atoms in total. The Balaban J connectivity index is 1.66. The van der Waals surface area contributed by atoms with Gasteiger partial charge in [-0.15, -0.1) is 5.10 Å². The predicted octanol–water partition coefficient (Wildman–Crippen LogP) is 0.770. The van der Waals surface area contributed by atoms with Gasteiger partial charge in [0.1, 0.15) is 5.52 Å². The zero-order chi connectivity index (χ0) is 19.3. The summed E-state index contributed by atoms with van der Waals surface area (Å²) < 4.78 is 27.4. The number of aromatic nitrogens is 4. The number of sulfonamides is 1. The maximum Gasteiger partial charge on any atom is 0.256 e. The van der Waals surface area contributed by atoms with Crippen LogP contribution < -0.4 is 0 Å². The SMILES string of the molecule is CN(C)S(=O)(=O)c1ccc2c(c1)CN(C(=O)c1ccnc3c1nnn3C)C2. The molecule has 140 valence electrons. The molecule has 0 radical (unpaired) electrons. The van der Waals surface area contributed by atoms with Gasteiger partial charge in [-0.25, -0.2) is 22.4 Å². The van der Waals surface area contributed by atoms with Crippen LogP contribution in [-0.4, -0.2) is 57.6 Å². The van der Waals surface area contributed by atoms with Crippen molar-refractivity contribution in [3.63, 3.8) is 0 Å². The summed E-state index contributed by atoms with van der Waals surface area (Å²) in [7, 11) is 1.19. The molecule has 0 N–H and O–H groups in total. The fourth-order valence-electron chi connectivity index (χ4n) is 3.16. The van der Waals surface area contributed by atoms with Crippen molar-refractivity contribution in [2.45, 2.75) is 18.0 Å². The lowest BCUT2D eigenvalue weighted by atomic mass is 10.1.